The Labute approximate surface area is 206 Å². The Balaban J connectivity index is 1.78. The second kappa shape index (κ2) is 10.6. The zero-order chi connectivity index (χ0) is 24.9. The summed E-state index contributed by atoms with van der Waals surface area (Å²) in [5, 5.41) is 3.06. The average molecular weight is 496 g/mol. The molecule has 1 aliphatic carbocycles. The molecular weight excluding hydrogens is 469 g/mol. The standard InChI is InChI=1S/C25H26FN5O3S/c26-17-12-10-16(11-13-17)21(24(33)29-18-8-4-5-9-18)31(14-15-6-2-1-3-7-15)25(34)22-19(27)20(23(28)32)30-35-22/h1-3,6-7,10-13,18,21H,4-5,8-9,14,27H2,(H2,28,32)(H,29,33)/t21-/m1/s1. The van der Waals surface area contributed by atoms with Crippen LogP contribution >= 0.6 is 11.5 Å². The highest BCUT2D eigenvalue weighted by atomic mass is 32.1. The molecule has 1 fully saturated rings. The number of primary amides is 1. The maximum absolute atomic E-state index is 13.8. The number of nitrogen functional groups attached to an aromatic ring is 1. The second-order valence-electron chi connectivity index (χ2n) is 8.50. The van der Waals surface area contributed by atoms with Crippen LogP contribution in [0.2, 0.25) is 0 Å². The summed E-state index contributed by atoms with van der Waals surface area (Å²) >= 11 is 0.752. The lowest BCUT2D eigenvalue weighted by molar-refractivity contribution is -0.126. The minimum absolute atomic E-state index is 0.00839. The molecule has 1 heterocycles. The van der Waals surface area contributed by atoms with E-state index >= 15 is 0 Å². The molecule has 182 valence electrons. The Kier molecular flexibility index (Phi) is 7.40. The van der Waals surface area contributed by atoms with Gasteiger partial charge < -0.3 is 21.7 Å². The van der Waals surface area contributed by atoms with Gasteiger partial charge >= 0.3 is 0 Å². The summed E-state index contributed by atoms with van der Waals surface area (Å²) in [5.74, 6) is -2.25. The summed E-state index contributed by atoms with van der Waals surface area (Å²) in [6.45, 7) is 0.0725. The molecule has 0 radical (unpaired) electrons. The van der Waals surface area contributed by atoms with E-state index in [1.165, 1.54) is 29.2 Å². The van der Waals surface area contributed by atoms with Gasteiger partial charge in [-0.2, -0.15) is 4.37 Å². The fraction of sp³-hybridized carbons (Fsp3) is 0.280. The number of rotatable bonds is 8. The molecule has 1 aliphatic rings. The predicted octanol–water partition coefficient (Wildman–Crippen LogP) is 3.41. The third-order valence-corrected chi connectivity index (χ3v) is 6.91. The number of nitrogens with two attached hydrogens (primary N) is 2. The van der Waals surface area contributed by atoms with Gasteiger partial charge in [-0.05, 0) is 47.6 Å². The minimum atomic E-state index is -1.07. The quantitative estimate of drug-likeness (QED) is 0.441. The van der Waals surface area contributed by atoms with Crippen molar-refractivity contribution in [2.24, 2.45) is 5.73 Å². The van der Waals surface area contributed by atoms with Crippen LogP contribution in [-0.2, 0) is 11.3 Å². The zero-order valence-electron chi connectivity index (χ0n) is 18.9. The SMILES string of the molecule is NC(=O)c1nsc(C(=O)N(Cc2ccccc2)[C@@H](C(=O)NC2CCCC2)c2ccc(F)cc2)c1N. The number of benzene rings is 2. The summed E-state index contributed by atoms with van der Waals surface area (Å²) < 4.78 is 17.7. The fourth-order valence-corrected chi connectivity index (χ4v) is 5.05. The molecule has 0 saturated heterocycles. The van der Waals surface area contributed by atoms with Crippen molar-refractivity contribution in [3.05, 3.63) is 82.1 Å². The Hall–Kier alpha value is -3.79. The fourth-order valence-electron chi connectivity index (χ4n) is 4.29. The third kappa shape index (κ3) is 5.48. The lowest BCUT2D eigenvalue weighted by atomic mass is 10.0. The molecule has 3 aromatic rings. The van der Waals surface area contributed by atoms with Crippen LogP contribution in [0, 0.1) is 5.82 Å². The smallest absolute Gasteiger partial charge is 0.270 e. The van der Waals surface area contributed by atoms with Crippen molar-refractivity contribution >= 4 is 34.9 Å². The number of anilines is 1. The van der Waals surface area contributed by atoms with E-state index in [2.05, 4.69) is 9.69 Å². The van der Waals surface area contributed by atoms with E-state index < -0.39 is 23.7 Å². The van der Waals surface area contributed by atoms with Gasteiger partial charge in [-0.3, -0.25) is 14.4 Å². The van der Waals surface area contributed by atoms with Crippen molar-refractivity contribution in [3.8, 4) is 0 Å². The Morgan fingerprint density at radius 1 is 1.09 bits per heavy atom. The molecule has 0 bridgehead atoms. The number of halogens is 1. The van der Waals surface area contributed by atoms with Crippen LogP contribution in [0.3, 0.4) is 0 Å². The van der Waals surface area contributed by atoms with Gasteiger partial charge in [0.15, 0.2) is 5.69 Å². The Morgan fingerprint density at radius 3 is 2.34 bits per heavy atom. The third-order valence-electron chi connectivity index (χ3n) is 6.06. The summed E-state index contributed by atoms with van der Waals surface area (Å²) in [7, 11) is 0. The number of hydrogen-bond acceptors (Lipinski definition) is 6. The van der Waals surface area contributed by atoms with Crippen LogP contribution in [-0.4, -0.2) is 33.0 Å². The molecule has 3 amide bonds. The van der Waals surface area contributed by atoms with Crippen molar-refractivity contribution in [3.63, 3.8) is 0 Å². The molecule has 1 aromatic heterocycles. The number of amides is 3. The minimum Gasteiger partial charge on any atom is -0.395 e. The highest BCUT2D eigenvalue weighted by molar-refractivity contribution is 7.09. The summed E-state index contributed by atoms with van der Waals surface area (Å²) in [6, 6.07) is 13.6. The summed E-state index contributed by atoms with van der Waals surface area (Å²) in [5.41, 5.74) is 12.3. The first-order chi connectivity index (χ1) is 16.8. The number of nitrogens with zero attached hydrogens (tertiary/aromatic N) is 2. The van der Waals surface area contributed by atoms with Crippen LogP contribution in [0.15, 0.2) is 54.6 Å². The molecule has 0 aliphatic heterocycles. The Bertz CT molecular complexity index is 1210. The van der Waals surface area contributed by atoms with E-state index in [1.807, 2.05) is 30.3 Å². The molecule has 35 heavy (non-hydrogen) atoms. The lowest BCUT2D eigenvalue weighted by Crippen LogP contribution is -2.45. The highest BCUT2D eigenvalue weighted by Crippen LogP contribution is 2.31. The number of hydrogen-bond donors (Lipinski definition) is 3. The normalized spacial score (nSPS) is 14.4. The van der Waals surface area contributed by atoms with E-state index in [0.717, 1.165) is 42.8 Å². The first-order valence-electron chi connectivity index (χ1n) is 11.3. The highest BCUT2D eigenvalue weighted by Gasteiger charge is 2.36. The second-order valence-corrected chi connectivity index (χ2v) is 9.27. The number of aromatic nitrogens is 1. The van der Waals surface area contributed by atoms with Crippen molar-refractivity contribution in [2.45, 2.75) is 44.3 Å². The van der Waals surface area contributed by atoms with Crippen molar-refractivity contribution in [1.29, 1.82) is 0 Å². The van der Waals surface area contributed by atoms with Crippen LogP contribution in [0.5, 0.6) is 0 Å². The van der Waals surface area contributed by atoms with Gasteiger partial charge in [0.25, 0.3) is 11.8 Å². The maximum atomic E-state index is 13.8. The molecule has 1 saturated carbocycles. The van der Waals surface area contributed by atoms with Crippen LogP contribution in [0.1, 0.15) is 63.0 Å². The topological polar surface area (TPSA) is 131 Å². The summed E-state index contributed by atoms with van der Waals surface area (Å²) in [4.78, 5) is 40.5. The lowest BCUT2D eigenvalue weighted by Gasteiger charge is -2.32. The van der Waals surface area contributed by atoms with Crippen LogP contribution < -0.4 is 16.8 Å². The molecule has 2 aromatic carbocycles. The van der Waals surface area contributed by atoms with Crippen molar-refractivity contribution in [1.82, 2.24) is 14.6 Å². The van der Waals surface area contributed by atoms with Gasteiger partial charge in [0.2, 0.25) is 5.91 Å². The first-order valence-corrected chi connectivity index (χ1v) is 12.1. The van der Waals surface area contributed by atoms with Gasteiger partial charge in [0, 0.05) is 12.6 Å². The largest absolute Gasteiger partial charge is 0.395 e. The summed E-state index contributed by atoms with van der Waals surface area (Å²) in [6.07, 6.45) is 3.76. The number of carbonyl (C=O) groups excluding carboxylic acids is 3. The molecule has 4 rings (SSSR count). The van der Waals surface area contributed by atoms with Crippen molar-refractivity contribution in [2.75, 3.05) is 5.73 Å². The monoisotopic (exact) mass is 495 g/mol. The van der Waals surface area contributed by atoms with Crippen LogP contribution in [0.4, 0.5) is 10.1 Å². The molecule has 1 atom stereocenters. The van der Waals surface area contributed by atoms with E-state index in [-0.39, 0.29) is 34.8 Å². The number of carbonyl (C=O) groups is 3. The molecule has 10 heteroatoms. The van der Waals surface area contributed by atoms with E-state index in [4.69, 9.17) is 11.5 Å². The maximum Gasteiger partial charge on any atom is 0.270 e. The zero-order valence-corrected chi connectivity index (χ0v) is 19.8. The molecule has 0 unspecified atom stereocenters. The molecular formula is C25H26FN5O3S. The van der Waals surface area contributed by atoms with E-state index in [0.29, 0.717) is 5.56 Å². The Morgan fingerprint density at radius 2 is 1.74 bits per heavy atom. The van der Waals surface area contributed by atoms with E-state index in [1.54, 1.807) is 0 Å². The first kappa shape index (κ1) is 24.3. The number of nitrogens with one attached hydrogen (secondary N) is 1. The molecule has 0 spiro atoms. The van der Waals surface area contributed by atoms with Gasteiger partial charge in [0.1, 0.15) is 16.7 Å². The van der Waals surface area contributed by atoms with Gasteiger partial charge in [0.05, 0.1) is 5.69 Å². The van der Waals surface area contributed by atoms with Crippen LogP contribution in [0.25, 0.3) is 0 Å². The van der Waals surface area contributed by atoms with Gasteiger partial charge in [-0.15, -0.1) is 0 Å². The van der Waals surface area contributed by atoms with E-state index in [9.17, 15) is 18.8 Å². The van der Waals surface area contributed by atoms with Crippen molar-refractivity contribution < 1.29 is 18.8 Å². The predicted molar refractivity (Wildman–Crippen MR) is 131 cm³/mol. The average Bonchev–Trinajstić information content (AvgIpc) is 3.49. The van der Waals surface area contributed by atoms with Gasteiger partial charge in [-0.1, -0.05) is 55.3 Å². The molecule has 5 N–H and O–H groups in total. The van der Waals surface area contributed by atoms with Gasteiger partial charge in [-0.25, -0.2) is 4.39 Å². The molecule has 8 nitrogen and oxygen atoms in total.